The first-order valence-corrected chi connectivity index (χ1v) is 5.19. The number of oxazole rings is 1. The predicted octanol–water partition coefficient (Wildman–Crippen LogP) is 0.921. The van der Waals surface area contributed by atoms with Crippen molar-refractivity contribution in [3.05, 3.63) is 36.2 Å². The van der Waals surface area contributed by atoms with E-state index in [-0.39, 0.29) is 5.82 Å². The number of fused-ring (bicyclic) bond motifs is 1. The SMILES string of the molecule is N#Cc1ncn(Cc2nc3cc(N)ccc3o2)n1. The molecule has 0 saturated heterocycles. The Morgan fingerprint density at radius 2 is 2.33 bits per heavy atom. The summed E-state index contributed by atoms with van der Waals surface area (Å²) in [7, 11) is 0. The average Bonchev–Trinajstić information content (AvgIpc) is 2.95. The number of nitrogen functional groups attached to an aromatic ring is 1. The molecular formula is C11H8N6O. The van der Waals surface area contributed by atoms with E-state index in [0.717, 1.165) is 0 Å². The van der Waals surface area contributed by atoms with Gasteiger partial charge >= 0.3 is 0 Å². The van der Waals surface area contributed by atoms with Crippen molar-refractivity contribution in [2.45, 2.75) is 6.54 Å². The van der Waals surface area contributed by atoms with Gasteiger partial charge in [0, 0.05) is 5.69 Å². The molecule has 0 saturated carbocycles. The van der Waals surface area contributed by atoms with Gasteiger partial charge in [-0.3, -0.25) is 0 Å². The molecule has 0 radical (unpaired) electrons. The zero-order valence-electron chi connectivity index (χ0n) is 9.24. The molecule has 0 fully saturated rings. The molecule has 0 atom stereocenters. The molecule has 0 aliphatic rings. The lowest BCUT2D eigenvalue weighted by Crippen LogP contribution is -2.00. The van der Waals surface area contributed by atoms with Crippen LogP contribution in [0.2, 0.25) is 0 Å². The van der Waals surface area contributed by atoms with Gasteiger partial charge in [-0.25, -0.2) is 14.6 Å². The average molecular weight is 240 g/mol. The van der Waals surface area contributed by atoms with E-state index in [4.69, 9.17) is 15.4 Å². The van der Waals surface area contributed by atoms with Crippen LogP contribution < -0.4 is 5.73 Å². The smallest absolute Gasteiger partial charge is 0.252 e. The normalized spacial score (nSPS) is 10.6. The van der Waals surface area contributed by atoms with Crippen LogP contribution in [-0.4, -0.2) is 19.7 Å². The van der Waals surface area contributed by atoms with E-state index in [1.165, 1.54) is 11.0 Å². The first-order valence-electron chi connectivity index (χ1n) is 5.19. The van der Waals surface area contributed by atoms with E-state index < -0.39 is 0 Å². The molecule has 0 spiro atoms. The van der Waals surface area contributed by atoms with Crippen molar-refractivity contribution in [1.82, 2.24) is 19.7 Å². The molecule has 3 rings (SSSR count). The van der Waals surface area contributed by atoms with E-state index in [0.29, 0.717) is 29.2 Å². The molecule has 0 aliphatic heterocycles. The molecule has 0 aliphatic carbocycles. The van der Waals surface area contributed by atoms with E-state index in [1.807, 2.05) is 6.07 Å². The third-order valence-corrected chi connectivity index (χ3v) is 2.39. The van der Waals surface area contributed by atoms with Crippen molar-refractivity contribution < 1.29 is 4.42 Å². The first-order chi connectivity index (χ1) is 8.74. The third kappa shape index (κ3) is 1.76. The summed E-state index contributed by atoms with van der Waals surface area (Å²) < 4.78 is 7.02. The van der Waals surface area contributed by atoms with Crippen LogP contribution in [0.25, 0.3) is 11.1 Å². The van der Waals surface area contributed by atoms with Gasteiger partial charge in [-0.1, -0.05) is 0 Å². The number of hydrogen-bond acceptors (Lipinski definition) is 6. The van der Waals surface area contributed by atoms with Gasteiger partial charge in [0.25, 0.3) is 5.82 Å². The zero-order chi connectivity index (χ0) is 12.5. The number of nitriles is 1. The quantitative estimate of drug-likeness (QED) is 0.667. The minimum atomic E-state index is 0.121. The van der Waals surface area contributed by atoms with Crippen molar-refractivity contribution in [2.75, 3.05) is 5.73 Å². The largest absolute Gasteiger partial charge is 0.439 e. The van der Waals surface area contributed by atoms with E-state index >= 15 is 0 Å². The lowest BCUT2D eigenvalue weighted by atomic mass is 10.3. The maximum atomic E-state index is 8.62. The van der Waals surface area contributed by atoms with Gasteiger partial charge in [-0.15, -0.1) is 5.10 Å². The Kier molecular flexibility index (Phi) is 2.20. The number of rotatable bonds is 2. The summed E-state index contributed by atoms with van der Waals surface area (Å²) in [6.07, 6.45) is 1.46. The number of nitrogens with zero attached hydrogens (tertiary/aromatic N) is 5. The molecule has 0 amide bonds. The van der Waals surface area contributed by atoms with E-state index in [2.05, 4.69) is 15.1 Å². The maximum Gasteiger partial charge on any atom is 0.252 e. The predicted molar refractivity (Wildman–Crippen MR) is 62.3 cm³/mol. The molecule has 1 aromatic carbocycles. The van der Waals surface area contributed by atoms with Crippen molar-refractivity contribution in [3.63, 3.8) is 0 Å². The fraction of sp³-hybridized carbons (Fsp3) is 0.0909. The van der Waals surface area contributed by atoms with Crippen molar-refractivity contribution in [2.24, 2.45) is 0 Å². The van der Waals surface area contributed by atoms with Gasteiger partial charge in [0.1, 0.15) is 24.5 Å². The van der Waals surface area contributed by atoms with Gasteiger partial charge < -0.3 is 10.2 Å². The molecule has 0 unspecified atom stereocenters. The van der Waals surface area contributed by atoms with Crippen molar-refractivity contribution in [3.8, 4) is 6.07 Å². The summed E-state index contributed by atoms with van der Waals surface area (Å²) in [4.78, 5) is 8.09. The Bertz CT molecular complexity index is 750. The van der Waals surface area contributed by atoms with Crippen LogP contribution in [0.3, 0.4) is 0 Å². The lowest BCUT2D eigenvalue weighted by Gasteiger charge is -1.92. The monoisotopic (exact) mass is 240 g/mol. The number of nitrogens with two attached hydrogens (primary N) is 1. The molecular weight excluding hydrogens is 232 g/mol. The molecule has 2 heterocycles. The molecule has 7 heteroatoms. The minimum absolute atomic E-state index is 0.121. The Balaban J connectivity index is 1.93. The van der Waals surface area contributed by atoms with Crippen LogP contribution in [0, 0.1) is 11.3 Å². The second-order valence-corrected chi connectivity index (χ2v) is 3.71. The standard InChI is InChI=1S/C11H8N6O/c12-4-10-14-6-17(16-10)5-11-15-8-3-7(13)1-2-9(8)18-11/h1-3,6H,5,13H2. The number of anilines is 1. The highest BCUT2D eigenvalue weighted by Crippen LogP contribution is 2.18. The van der Waals surface area contributed by atoms with Crippen molar-refractivity contribution >= 4 is 16.8 Å². The topological polar surface area (TPSA) is 107 Å². The summed E-state index contributed by atoms with van der Waals surface area (Å²) in [5.74, 6) is 0.611. The molecule has 18 heavy (non-hydrogen) atoms. The van der Waals surface area contributed by atoms with Gasteiger partial charge in [0.2, 0.25) is 5.89 Å². The number of aromatic nitrogens is 4. The highest BCUT2D eigenvalue weighted by atomic mass is 16.3. The minimum Gasteiger partial charge on any atom is -0.439 e. The highest BCUT2D eigenvalue weighted by molar-refractivity contribution is 5.76. The highest BCUT2D eigenvalue weighted by Gasteiger charge is 2.08. The summed E-state index contributed by atoms with van der Waals surface area (Å²) in [5.41, 5.74) is 7.66. The fourth-order valence-electron chi connectivity index (χ4n) is 1.62. The number of benzene rings is 1. The first kappa shape index (κ1) is 10.3. The zero-order valence-corrected chi connectivity index (χ0v) is 9.24. The number of hydrogen-bond donors (Lipinski definition) is 1. The molecule has 3 aromatic rings. The van der Waals surface area contributed by atoms with Crippen molar-refractivity contribution in [1.29, 1.82) is 5.26 Å². The van der Waals surface area contributed by atoms with Gasteiger partial charge in [0.05, 0.1) is 0 Å². The van der Waals surface area contributed by atoms with Crippen LogP contribution >= 0.6 is 0 Å². The second kappa shape index (κ2) is 3.85. The van der Waals surface area contributed by atoms with Crippen LogP contribution in [0.4, 0.5) is 5.69 Å². The Hall–Kier alpha value is -2.88. The lowest BCUT2D eigenvalue weighted by molar-refractivity contribution is 0.491. The van der Waals surface area contributed by atoms with E-state index in [9.17, 15) is 0 Å². The second-order valence-electron chi connectivity index (χ2n) is 3.71. The van der Waals surface area contributed by atoms with Crippen LogP contribution in [0.5, 0.6) is 0 Å². The molecule has 2 N–H and O–H groups in total. The molecule has 0 bridgehead atoms. The van der Waals surface area contributed by atoms with Gasteiger partial charge in [0.15, 0.2) is 5.58 Å². The molecule has 7 nitrogen and oxygen atoms in total. The third-order valence-electron chi connectivity index (χ3n) is 2.39. The van der Waals surface area contributed by atoms with Gasteiger partial charge in [-0.05, 0) is 18.2 Å². The molecule has 88 valence electrons. The maximum absolute atomic E-state index is 8.62. The van der Waals surface area contributed by atoms with Crippen LogP contribution in [-0.2, 0) is 6.54 Å². The van der Waals surface area contributed by atoms with E-state index in [1.54, 1.807) is 18.2 Å². The van der Waals surface area contributed by atoms with Gasteiger partial charge in [-0.2, -0.15) is 5.26 Å². The summed E-state index contributed by atoms with van der Waals surface area (Å²) in [6.45, 7) is 0.323. The fourth-order valence-corrected chi connectivity index (χ4v) is 1.62. The molecule has 2 aromatic heterocycles. The summed E-state index contributed by atoms with van der Waals surface area (Å²) in [6, 6.07) is 7.11. The van der Waals surface area contributed by atoms with Crippen LogP contribution in [0.1, 0.15) is 11.7 Å². The Morgan fingerprint density at radius 3 is 3.11 bits per heavy atom. The Labute approximate surface area is 101 Å². The Morgan fingerprint density at radius 1 is 1.44 bits per heavy atom. The summed E-state index contributed by atoms with van der Waals surface area (Å²) >= 11 is 0. The summed E-state index contributed by atoms with van der Waals surface area (Å²) in [5, 5.41) is 12.6. The van der Waals surface area contributed by atoms with Crippen LogP contribution in [0.15, 0.2) is 28.9 Å².